The second kappa shape index (κ2) is 6.37. The lowest BCUT2D eigenvalue weighted by atomic mass is 9.75. The zero-order valence-corrected chi connectivity index (χ0v) is 13.8. The number of benzene rings is 1. The van der Waals surface area contributed by atoms with Crippen molar-refractivity contribution in [2.24, 2.45) is 11.8 Å². The fourth-order valence-electron chi connectivity index (χ4n) is 4.10. The topological polar surface area (TPSA) is 12.5 Å². The summed E-state index contributed by atoms with van der Waals surface area (Å²) in [5.74, 6) is 1.32. The minimum absolute atomic E-state index is 0.269. The lowest BCUT2D eigenvalue weighted by Gasteiger charge is -2.42. The molecule has 0 amide bonds. The maximum absolute atomic E-state index is 6.28. The number of nitrogens with zero attached hydrogens (tertiary/aromatic N) is 1. The van der Waals surface area contributed by atoms with Crippen LogP contribution in [-0.4, -0.2) is 24.2 Å². The highest BCUT2D eigenvalue weighted by Gasteiger charge is 2.36. The molecule has 2 aliphatic heterocycles. The van der Waals surface area contributed by atoms with Gasteiger partial charge in [0, 0.05) is 19.0 Å². The smallest absolute Gasteiger partial charge is 0.0870 e. The van der Waals surface area contributed by atoms with Crippen molar-refractivity contribution >= 4 is 0 Å². The van der Waals surface area contributed by atoms with Gasteiger partial charge in [0.15, 0.2) is 0 Å². The number of hydrogen-bond acceptors (Lipinski definition) is 2. The highest BCUT2D eigenvalue weighted by atomic mass is 16.5. The summed E-state index contributed by atoms with van der Waals surface area (Å²) >= 11 is 0. The molecule has 1 fully saturated rings. The van der Waals surface area contributed by atoms with Crippen LogP contribution >= 0.6 is 0 Å². The highest BCUT2D eigenvalue weighted by Crippen LogP contribution is 2.40. The number of rotatable bonds is 3. The Labute approximate surface area is 139 Å². The number of ether oxygens (including phenoxy) is 1. The van der Waals surface area contributed by atoms with Crippen LogP contribution in [0.3, 0.4) is 0 Å². The quantitative estimate of drug-likeness (QED) is 0.771. The summed E-state index contributed by atoms with van der Waals surface area (Å²) in [6, 6.07) is 10.7. The third-order valence-corrected chi connectivity index (χ3v) is 5.41. The van der Waals surface area contributed by atoms with E-state index in [1.165, 1.54) is 29.6 Å². The lowest BCUT2D eigenvalue weighted by molar-refractivity contribution is -0.0314. The van der Waals surface area contributed by atoms with Crippen molar-refractivity contribution in [1.82, 2.24) is 4.90 Å². The van der Waals surface area contributed by atoms with Crippen LogP contribution in [0.25, 0.3) is 0 Å². The van der Waals surface area contributed by atoms with Gasteiger partial charge in [-0.25, -0.2) is 0 Å². The third kappa shape index (κ3) is 3.13. The van der Waals surface area contributed by atoms with Gasteiger partial charge < -0.3 is 9.64 Å². The van der Waals surface area contributed by atoms with Gasteiger partial charge in [0.25, 0.3) is 0 Å². The Balaban J connectivity index is 1.47. The van der Waals surface area contributed by atoms with Gasteiger partial charge in [-0.2, -0.15) is 0 Å². The van der Waals surface area contributed by atoms with Gasteiger partial charge in [0.1, 0.15) is 0 Å². The Morgan fingerprint density at radius 3 is 2.96 bits per heavy atom. The second-order valence-corrected chi connectivity index (χ2v) is 7.12. The van der Waals surface area contributed by atoms with Crippen LogP contribution in [0.4, 0.5) is 0 Å². The van der Waals surface area contributed by atoms with Crippen molar-refractivity contribution in [3.63, 3.8) is 0 Å². The molecule has 3 aliphatic rings. The minimum atomic E-state index is 0.269. The molecule has 4 rings (SSSR count). The monoisotopic (exact) mass is 307 g/mol. The van der Waals surface area contributed by atoms with E-state index in [4.69, 9.17) is 4.74 Å². The van der Waals surface area contributed by atoms with Crippen LogP contribution in [0.1, 0.15) is 25.3 Å². The second-order valence-electron chi connectivity index (χ2n) is 7.12. The molecule has 3 unspecified atom stereocenters. The molecule has 2 nitrogen and oxygen atoms in total. The zero-order chi connectivity index (χ0) is 15.6. The van der Waals surface area contributed by atoms with Crippen LogP contribution in [0.2, 0.25) is 0 Å². The molecule has 120 valence electrons. The van der Waals surface area contributed by atoms with Crippen LogP contribution in [0, 0.1) is 11.8 Å². The first-order valence-corrected chi connectivity index (χ1v) is 8.73. The van der Waals surface area contributed by atoms with Gasteiger partial charge in [-0.15, -0.1) is 0 Å². The largest absolute Gasteiger partial charge is 0.373 e. The lowest BCUT2D eigenvalue weighted by Crippen LogP contribution is -2.41. The van der Waals surface area contributed by atoms with Crippen LogP contribution in [0.15, 0.2) is 65.9 Å². The molecule has 1 aliphatic carbocycles. The van der Waals surface area contributed by atoms with Crippen LogP contribution in [-0.2, 0) is 11.3 Å². The Morgan fingerprint density at radius 2 is 2.09 bits per heavy atom. The molecule has 0 N–H and O–H groups in total. The molecule has 2 heteroatoms. The van der Waals surface area contributed by atoms with E-state index in [1.54, 1.807) is 0 Å². The first kappa shape index (κ1) is 14.8. The number of allylic oxidation sites excluding steroid dienone is 3. The summed E-state index contributed by atoms with van der Waals surface area (Å²) in [5.41, 5.74) is 4.31. The summed E-state index contributed by atoms with van der Waals surface area (Å²) in [6.07, 6.45) is 11.9. The van der Waals surface area contributed by atoms with Crippen LogP contribution in [0.5, 0.6) is 0 Å². The summed E-state index contributed by atoms with van der Waals surface area (Å²) in [4.78, 5) is 2.39. The first-order valence-electron chi connectivity index (χ1n) is 8.73. The van der Waals surface area contributed by atoms with Gasteiger partial charge >= 0.3 is 0 Å². The third-order valence-electron chi connectivity index (χ3n) is 5.41. The Bertz CT molecular complexity index is 643. The van der Waals surface area contributed by atoms with Crippen molar-refractivity contribution in [2.45, 2.75) is 32.4 Å². The predicted molar refractivity (Wildman–Crippen MR) is 93.8 cm³/mol. The average molecular weight is 307 g/mol. The van der Waals surface area contributed by atoms with E-state index in [9.17, 15) is 0 Å². The fourth-order valence-corrected chi connectivity index (χ4v) is 4.10. The van der Waals surface area contributed by atoms with E-state index in [0.29, 0.717) is 5.92 Å². The molecule has 2 heterocycles. The Hall–Kier alpha value is -1.80. The van der Waals surface area contributed by atoms with E-state index >= 15 is 0 Å². The maximum Gasteiger partial charge on any atom is 0.0870 e. The van der Waals surface area contributed by atoms with Crippen molar-refractivity contribution in [2.75, 3.05) is 13.2 Å². The number of hydrogen-bond donors (Lipinski definition) is 0. The molecule has 0 saturated carbocycles. The molecule has 3 atom stereocenters. The summed E-state index contributed by atoms with van der Waals surface area (Å²) in [6.45, 7) is 5.14. The van der Waals surface area contributed by atoms with Crippen molar-refractivity contribution in [3.05, 3.63) is 71.5 Å². The summed E-state index contributed by atoms with van der Waals surface area (Å²) in [5, 5.41) is 0. The molecule has 1 saturated heterocycles. The van der Waals surface area contributed by atoms with Gasteiger partial charge in [-0.3, -0.25) is 0 Å². The van der Waals surface area contributed by atoms with Crippen molar-refractivity contribution in [1.29, 1.82) is 0 Å². The Kier molecular flexibility index (Phi) is 4.09. The van der Waals surface area contributed by atoms with E-state index in [2.05, 4.69) is 66.6 Å². The molecule has 1 aromatic rings. The Morgan fingerprint density at radius 1 is 1.22 bits per heavy atom. The minimum Gasteiger partial charge on any atom is -0.373 e. The molecule has 0 spiro atoms. The summed E-state index contributed by atoms with van der Waals surface area (Å²) in [7, 11) is 0. The van der Waals surface area contributed by atoms with Crippen molar-refractivity contribution < 1.29 is 4.74 Å². The van der Waals surface area contributed by atoms with E-state index in [0.717, 1.165) is 25.6 Å². The fraction of sp³-hybridized carbons (Fsp3) is 0.429. The molecular weight excluding hydrogens is 282 g/mol. The molecule has 2 bridgehead atoms. The van der Waals surface area contributed by atoms with Crippen molar-refractivity contribution in [3.8, 4) is 0 Å². The van der Waals surface area contributed by atoms with E-state index < -0.39 is 0 Å². The molecule has 0 aromatic heterocycles. The highest BCUT2D eigenvalue weighted by molar-refractivity contribution is 5.28. The predicted octanol–water partition coefficient (Wildman–Crippen LogP) is 4.31. The van der Waals surface area contributed by atoms with Gasteiger partial charge in [0.05, 0.1) is 12.7 Å². The number of fused-ring (bicyclic) bond motifs is 2. The zero-order valence-electron chi connectivity index (χ0n) is 13.8. The molecule has 0 radical (unpaired) electrons. The van der Waals surface area contributed by atoms with Gasteiger partial charge in [0.2, 0.25) is 0 Å². The first-order chi connectivity index (χ1) is 11.3. The maximum atomic E-state index is 6.28. The van der Waals surface area contributed by atoms with Gasteiger partial charge in [-0.1, -0.05) is 48.1 Å². The SMILES string of the molecule is CC1=CCC2COC(C3=CC=CN(Cc4ccccc4)C3)C1C2. The van der Waals surface area contributed by atoms with Crippen LogP contribution < -0.4 is 0 Å². The van der Waals surface area contributed by atoms with Gasteiger partial charge in [-0.05, 0) is 49.1 Å². The van der Waals surface area contributed by atoms with E-state index in [1.807, 2.05) is 0 Å². The molecule has 1 aromatic carbocycles. The summed E-state index contributed by atoms with van der Waals surface area (Å²) < 4.78 is 6.28. The molecular formula is C21H25NO. The standard InChI is InChI=1S/C21H25NO/c1-16-9-10-18-12-20(16)21(23-15-18)19-8-5-11-22(14-19)13-17-6-3-2-4-7-17/h2-9,11,18,20-21H,10,12-15H2,1H3. The van der Waals surface area contributed by atoms with E-state index in [-0.39, 0.29) is 6.10 Å². The molecule has 23 heavy (non-hydrogen) atoms. The normalized spacial score (nSPS) is 30.0. The average Bonchev–Trinajstić information content (AvgIpc) is 2.60.